The Morgan fingerprint density at radius 3 is 1.97 bits per heavy atom. The first-order valence-corrected chi connectivity index (χ1v) is 25.2. The Labute approximate surface area is 420 Å². The highest BCUT2D eigenvalue weighted by molar-refractivity contribution is 5.89. The summed E-state index contributed by atoms with van der Waals surface area (Å²) in [5, 5.41) is 101. The van der Waals surface area contributed by atoms with Gasteiger partial charge in [0, 0.05) is 22.0 Å². The van der Waals surface area contributed by atoms with Crippen LogP contribution in [0.15, 0.2) is 34.9 Å². The van der Waals surface area contributed by atoms with Crippen molar-refractivity contribution < 1.29 is 98.3 Å². The number of carboxylic acid groups (broad SMARTS) is 1. The van der Waals surface area contributed by atoms with Crippen molar-refractivity contribution in [2.45, 2.75) is 194 Å². The average molecular weight is 1020 g/mol. The van der Waals surface area contributed by atoms with Crippen LogP contribution in [0.4, 0.5) is 0 Å². The van der Waals surface area contributed by atoms with E-state index in [4.69, 9.17) is 33.2 Å². The van der Waals surface area contributed by atoms with Crippen LogP contribution in [0.5, 0.6) is 0 Å². The zero-order valence-corrected chi connectivity index (χ0v) is 43.2. The van der Waals surface area contributed by atoms with Gasteiger partial charge in [0.15, 0.2) is 24.8 Å². The molecule has 7 aliphatic rings. The first kappa shape index (κ1) is 56.3. The van der Waals surface area contributed by atoms with Gasteiger partial charge in [-0.3, -0.25) is 4.79 Å². The molecular weight excluding hydrogens is 945 g/mol. The van der Waals surface area contributed by atoms with E-state index in [1.807, 2.05) is 27.7 Å². The first-order chi connectivity index (χ1) is 33.5. The Balaban J connectivity index is 1.26. The molecule has 0 aromatic heterocycles. The number of hydrogen-bond donors (Lipinski definition) is 9. The molecule has 406 valence electrons. The minimum Gasteiger partial charge on any atom is -0.479 e. The molecule has 0 radical (unpaired) electrons. The zero-order valence-electron chi connectivity index (χ0n) is 43.2. The van der Waals surface area contributed by atoms with Crippen LogP contribution in [-0.4, -0.2) is 176 Å². The van der Waals surface area contributed by atoms with Crippen molar-refractivity contribution in [1.82, 2.24) is 0 Å². The molecule has 0 bridgehead atoms. The van der Waals surface area contributed by atoms with Gasteiger partial charge in [-0.15, -0.1) is 0 Å². The van der Waals surface area contributed by atoms with Gasteiger partial charge < -0.3 is 79.1 Å². The number of carbonyl (C=O) groups excluding carboxylic acids is 3. The first-order valence-electron chi connectivity index (χ1n) is 25.2. The zero-order chi connectivity index (χ0) is 53.6. The molecule has 22 unspecified atom stereocenters. The van der Waals surface area contributed by atoms with Crippen LogP contribution in [0.25, 0.3) is 0 Å². The molecule has 0 amide bonds. The molecule has 72 heavy (non-hydrogen) atoms. The predicted octanol–water partition coefficient (Wildman–Crippen LogP) is 1.59. The van der Waals surface area contributed by atoms with E-state index in [9.17, 15) is 65.1 Å². The topological polar surface area (TPSA) is 315 Å². The second-order valence-electron chi connectivity index (χ2n) is 23.3. The van der Waals surface area contributed by atoms with E-state index in [0.29, 0.717) is 24.8 Å². The largest absolute Gasteiger partial charge is 0.479 e. The third-order valence-corrected chi connectivity index (χ3v) is 19.3. The Hall–Kier alpha value is -3.38. The van der Waals surface area contributed by atoms with Crippen molar-refractivity contribution in [2.24, 2.45) is 50.2 Å². The number of aliphatic hydroxyl groups is 8. The van der Waals surface area contributed by atoms with Crippen molar-refractivity contribution in [1.29, 1.82) is 0 Å². The quantitative estimate of drug-likeness (QED) is 0.0467. The number of carboxylic acids is 1. The maximum atomic E-state index is 14.6. The van der Waals surface area contributed by atoms with Gasteiger partial charge >= 0.3 is 23.9 Å². The van der Waals surface area contributed by atoms with Gasteiger partial charge in [0.2, 0.25) is 0 Å². The molecule has 0 spiro atoms. The summed E-state index contributed by atoms with van der Waals surface area (Å²) in [7, 11) is 1.29. The summed E-state index contributed by atoms with van der Waals surface area (Å²) >= 11 is 0. The summed E-state index contributed by atoms with van der Waals surface area (Å²) in [6.45, 7) is 16.8. The lowest BCUT2D eigenvalue weighted by Crippen LogP contribution is -2.77. The molecule has 2 heterocycles. The highest BCUT2D eigenvalue weighted by Gasteiger charge is 2.78. The molecule has 4 saturated carbocycles. The van der Waals surface area contributed by atoms with E-state index < -0.39 is 167 Å². The monoisotopic (exact) mass is 1020 g/mol. The Bertz CT molecular complexity index is 2190. The number of aliphatic hydroxyl groups excluding tert-OH is 8. The van der Waals surface area contributed by atoms with Gasteiger partial charge in [-0.2, -0.15) is 0 Å². The fourth-order valence-electron chi connectivity index (χ4n) is 14.9. The van der Waals surface area contributed by atoms with Gasteiger partial charge in [-0.05, 0) is 102 Å². The number of hydrogen-bond acceptors (Lipinski definition) is 19. The molecule has 5 aliphatic carbocycles. The van der Waals surface area contributed by atoms with Crippen molar-refractivity contribution in [3.63, 3.8) is 0 Å². The second kappa shape index (κ2) is 20.0. The van der Waals surface area contributed by atoms with E-state index in [1.54, 1.807) is 46.8 Å². The van der Waals surface area contributed by atoms with E-state index >= 15 is 0 Å². The van der Waals surface area contributed by atoms with Gasteiger partial charge in [-0.1, -0.05) is 58.4 Å². The lowest BCUT2D eigenvalue weighted by atomic mass is 9.31. The summed E-state index contributed by atoms with van der Waals surface area (Å²) in [5.74, 6) is -5.10. The lowest BCUT2D eigenvalue weighted by molar-refractivity contribution is -0.352. The molecule has 0 aromatic rings. The van der Waals surface area contributed by atoms with Gasteiger partial charge in [-0.25, -0.2) is 14.4 Å². The van der Waals surface area contributed by atoms with E-state index in [1.165, 1.54) is 7.11 Å². The fraction of sp³-hybridized carbons (Fsp3) is 0.808. The predicted molar refractivity (Wildman–Crippen MR) is 250 cm³/mol. The standard InChI is InChI=1S/C52H78O20/c1-12-23(3)42(63)71-39-40(72-43(64)24(4)13-2)52(22-53)27(19-47(39,5)6)26-14-15-29-48(7)17-16-25(18-30(48)49(8,46(65)66-11)21-50(29,9)51(26,10)37(59)38(52)60)68-45-34(58)35(33(57)36(70-45)41(61)62)69-44-32(56)31(55)28(54)20-67-44/h12-14,25,27-40,44-45,53-60H,15-22H2,1-11H3,(H,61,62). The molecular formula is C52H78O20. The van der Waals surface area contributed by atoms with Crippen molar-refractivity contribution >= 4 is 23.9 Å². The highest BCUT2D eigenvalue weighted by Crippen LogP contribution is 2.77. The van der Waals surface area contributed by atoms with Crippen molar-refractivity contribution in [2.75, 3.05) is 20.3 Å². The van der Waals surface area contributed by atoms with Crippen LogP contribution in [0.3, 0.4) is 0 Å². The number of rotatable bonds is 11. The molecule has 20 heteroatoms. The average Bonchev–Trinajstić information content (AvgIpc) is 3.33. The van der Waals surface area contributed by atoms with Gasteiger partial charge in [0.25, 0.3) is 0 Å². The third kappa shape index (κ3) is 8.51. The maximum absolute atomic E-state index is 14.6. The molecule has 20 nitrogen and oxygen atoms in total. The van der Waals surface area contributed by atoms with Crippen molar-refractivity contribution in [3.05, 3.63) is 34.9 Å². The van der Waals surface area contributed by atoms with Crippen LogP contribution in [-0.2, 0) is 52.3 Å². The Kier molecular flexibility index (Phi) is 15.6. The van der Waals surface area contributed by atoms with Crippen LogP contribution in [0.1, 0.15) is 108 Å². The van der Waals surface area contributed by atoms with Gasteiger partial charge in [0.1, 0.15) is 42.7 Å². The number of carbonyl (C=O) groups is 4. The summed E-state index contributed by atoms with van der Waals surface area (Å²) < 4.78 is 41.2. The lowest BCUT2D eigenvalue weighted by Gasteiger charge is -2.74. The van der Waals surface area contributed by atoms with Crippen LogP contribution in [0, 0.1) is 50.2 Å². The third-order valence-electron chi connectivity index (χ3n) is 19.3. The number of allylic oxidation sites excluding steroid dienone is 3. The number of esters is 3. The minimum atomic E-state index is -2.00. The van der Waals surface area contributed by atoms with Crippen LogP contribution in [0.2, 0.25) is 0 Å². The second-order valence-corrected chi connectivity index (χ2v) is 23.3. The summed E-state index contributed by atoms with van der Waals surface area (Å²) in [5.41, 5.74) is -5.76. The number of fused-ring (bicyclic) bond motifs is 7. The van der Waals surface area contributed by atoms with E-state index in [2.05, 4.69) is 13.0 Å². The number of ether oxygens (including phenoxy) is 7. The van der Waals surface area contributed by atoms with E-state index in [-0.39, 0.29) is 30.8 Å². The number of aliphatic carboxylic acids is 1. The van der Waals surface area contributed by atoms with E-state index in [0.717, 1.165) is 5.57 Å². The summed E-state index contributed by atoms with van der Waals surface area (Å²) in [6, 6.07) is 0. The SMILES string of the molecule is CC=C(C)C(=O)OC1C(OC(=O)C(C)=CC)C2(CO)C(CC1(C)C)C1=CCC3C4(C)CCC(OC5OC(C(=O)O)C(O)C(OC6OCC(O)C(O)C6O)C5O)CC4C(C)(C(=O)OC)CC3(C)C1(C)C(O)C2O. The Morgan fingerprint density at radius 1 is 0.792 bits per heavy atom. The van der Waals surface area contributed by atoms with Gasteiger partial charge in [0.05, 0.1) is 49.5 Å². The maximum Gasteiger partial charge on any atom is 0.335 e. The van der Waals surface area contributed by atoms with Crippen LogP contribution < -0.4 is 0 Å². The minimum absolute atomic E-state index is 0.127. The number of methoxy groups -OCH3 is 1. The fourth-order valence-corrected chi connectivity index (χ4v) is 14.9. The normalized spacial score (nSPS) is 48.1. The molecule has 9 N–H and O–H groups in total. The molecule has 7 rings (SSSR count). The molecule has 2 aliphatic heterocycles. The summed E-state index contributed by atoms with van der Waals surface area (Å²) in [6.07, 6.45) is -15.9. The van der Waals surface area contributed by atoms with Crippen molar-refractivity contribution in [3.8, 4) is 0 Å². The Morgan fingerprint density at radius 2 is 1.40 bits per heavy atom. The summed E-state index contributed by atoms with van der Waals surface area (Å²) in [4.78, 5) is 54.4. The van der Waals surface area contributed by atoms with Crippen LogP contribution >= 0.6 is 0 Å². The molecule has 22 atom stereocenters. The highest BCUT2D eigenvalue weighted by atomic mass is 16.7. The molecule has 0 aromatic carbocycles. The molecule has 2 saturated heterocycles. The smallest absolute Gasteiger partial charge is 0.335 e. The molecule has 6 fully saturated rings.